The number of nitrogens with zero attached hydrogens (tertiary/aromatic N) is 1. The van der Waals surface area contributed by atoms with Gasteiger partial charge in [-0.05, 0) is 37.5 Å². The van der Waals surface area contributed by atoms with Crippen molar-refractivity contribution >= 4 is 11.7 Å². The normalized spacial score (nSPS) is 24.9. The van der Waals surface area contributed by atoms with Crippen molar-refractivity contribution in [1.29, 1.82) is 0 Å². The van der Waals surface area contributed by atoms with Crippen LogP contribution in [-0.2, 0) is 4.74 Å². The maximum Gasteiger partial charge on any atom is 0.335 e. The van der Waals surface area contributed by atoms with Gasteiger partial charge in [0.1, 0.15) is 0 Å². The molecule has 0 saturated heterocycles. The predicted molar refractivity (Wildman–Crippen MR) is 81.8 cm³/mol. The second-order valence-corrected chi connectivity index (χ2v) is 6.05. The van der Waals surface area contributed by atoms with Crippen molar-refractivity contribution in [2.45, 2.75) is 46.5 Å². The molecule has 0 aromatic carbocycles. The quantitative estimate of drug-likeness (QED) is 0.581. The number of ether oxygens (including phenoxy) is 1. The summed E-state index contributed by atoms with van der Waals surface area (Å²) in [7, 11) is 1.66. The molecule has 0 aromatic heterocycles. The van der Waals surface area contributed by atoms with Crippen LogP contribution in [-0.4, -0.2) is 32.0 Å². The van der Waals surface area contributed by atoms with Crippen LogP contribution in [0.15, 0.2) is 5.10 Å². The zero-order valence-corrected chi connectivity index (χ0v) is 13.2. The largest absolute Gasteiger partial charge is 0.385 e. The molecule has 1 rings (SSSR count). The average Bonchev–Trinajstić information content (AvgIpc) is 2.41. The predicted octanol–water partition coefficient (Wildman–Crippen LogP) is 2.77. The Hall–Kier alpha value is -1.10. The molecule has 0 heterocycles. The molecular formula is C15H29N3O2. The Kier molecular flexibility index (Phi) is 7.59. The first-order valence-corrected chi connectivity index (χ1v) is 7.63. The molecule has 20 heavy (non-hydrogen) atoms. The smallest absolute Gasteiger partial charge is 0.335 e. The SMILES string of the molecule is COCCCNC(=O)NN=C1C[C@@H](C)CC[C@@H]1C(C)C. The first-order chi connectivity index (χ1) is 9.54. The van der Waals surface area contributed by atoms with Gasteiger partial charge in [-0.25, -0.2) is 10.2 Å². The summed E-state index contributed by atoms with van der Waals surface area (Å²) in [5.41, 5.74) is 3.78. The van der Waals surface area contributed by atoms with Gasteiger partial charge in [0, 0.05) is 31.9 Å². The molecule has 2 amide bonds. The molecular weight excluding hydrogens is 254 g/mol. The summed E-state index contributed by atoms with van der Waals surface area (Å²) in [6.45, 7) is 7.95. The molecule has 0 radical (unpaired) electrons. The number of hydrogen-bond acceptors (Lipinski definition) is 3. The van der Waals surface area contributed by atoms with Gasteiger partial charge in [-0.2, -0.15) is 5.10 Å². The van der Waals surface area contributed by atoms with Crippen LogP contribution in [0.5, 0.6) is 0 Å². The van der Waals surface area contributed by atoms with Gasteiger partial charge in [-0.3, -0.25) is 0 Å². The van der Waals surface area contributed by atoms with E-state index >= 15 is 0 Å². The Balaban J connectivity index is 2.42. The highest BCUT2D eigenvalue weighted by molar-refractivity contribution is 5.89. The lowest BCUT2D eigenvalue weighted by Gasteiger charge is -2.30. The Morgan fingerprint density at radius 1 is 1.45 bits per heavy atom. The van der Waals surface area contributed by atoms with Crippen molar-refractivity contribution in [3.8, 4) is 0 Å². The minimum atomic E-state index is -0.227. The van der Waals surface area contributed by atoms with E-state index in [1.165, 1.54) is 12.8 Å². The number of rotatable bonds is 6. The van der Waals surface area contributed by atoms with E-state index in [-0.39, 0.29) is 6.03 Å². The van der Waals surface area contributed by atoms with E-state index in [9.17, 15) is 4.79 Å². The van der Waals surface area contributed by atoms with Crippen molar-refractivity contribution in [2.75, 3.05) is 20.3 Å². The van der Waals surface area contributed by atoms with Crippen LogP contribution in [0.3, 0.4) is 0 Å². The lowest BCUT2D eigenvalue weighted by atomic mass is 9.76. The van der Waals surface area contributed by atoms with Crippen LogP contribution >= 0.6 is 0 Å². The van der Waals surface area contributed by atoms with E-state index in [2.05, 4.69) is 36.6 Å². The third-order valence-electron chi connectivity index (χ3n) is 3.87. The van der Waals surface area contributed by atoms with Gasteiger partial charge in [0.05, 0.1) is 0 Å². The number of hydrazone groups is 1. The number of urea groups is 1. The van der Waals surface area contributed by atoms with Crippen LogP contribution in [0.4, 0.5) is 4.79 Å². The van der Waals surface area contributed by atoms with Gasteiger partial charge in [0.15, 0.2) is 0 Å². The van der Waals surface area contributed by atoms with E-state index in [0.717, 1.165) is 18.6 Å². The van der Waals surface area contributed by atoms with Crippen LogP contribution < -0.4 is 10.7 Å². The zero-order valence-electron chi connectivity index (χ0n) is 13.2. The summed E-state index contributed by atoms with van der Waals surface area (Å²) >= 11 is 0. The van der Waals surface area contributed by atoms with Crippen molar-refractivity contribution in [2.24, 2.45) is 22.9 Å². The fraction of sp³-hybridized carbons (Fsp3) is 0.867. The molecule has 1 aliphatic carbocycles. The van der Waals surface area contributed by atoms with Crippen molar-refractivity contribution < 1.29 is 9.53 Å². The van der Waals surface area contributed by atoms with Gasteiger partial charge in [0.2, 0.25) is 0 Å². The molecule has 0 aliphatic heterocycles. The van der Waals surface area contributed by atoms with Crippen LogP contribution in [0.1, 0.15) is 46.5 Å². The topological polar surface area (TPSA) is 62.7 Å². The first kappa shape index (κ1) is 17.0. The molecule has 116 valence electrons. The van der Waals surface area contributed by atoms with Gasteiger partial charge in [-0.15, -0.1) is 0 Å². The van der Waals surface area contributed by atoms with E-state index in [0.29, 0.717) is 30.9 Å². The monoisotopic (exact) mass is 283 g/mol. The molecule has 5 heteroatoms. The van der Waals surface area contributed by atoms with Crippen LogP contribution in [0.2, 0.25) is 0 Å². The number of nitrogens with one attached hydrogen (secondary N) is 2. The van der Waals surface area contributed by atoms with Crippen molar-refractivity contribution in [1.82, 2.24) is 10.7 Å². The highest BCUT2D eigenvalue weighted by atomic mass is 16.5. The summed E-state index contributed by atoms with van der Waals surface area (Å²) < 4.78 is 4.93. The Morgan fingerprint density at radius 2 is 2.20 bits per heavy atom. The van der Waals surface area contributed by atoms with E-state index < -0.39 is 0 Å². The second-order valence-electron chi connectivity index (χ2n) is 6.05. The summed E-state index contributed by atoms with van der Waals surface area (Å²) in [5.74, 6) is 1.74. The third kappa shape index (κ3) is 5.90. The molecule has 5 nitrogen and oxygen atoms in total. The Bertz CT molecular complexity index is 329. The number of carbonyl (C=O) groups excluding carboxylic acids is 1. The van der Waals surface area contributed by atoms with Gasteiger partial charge >= 0.3 is 6.03 Å². The molecule has 1 aliphatic rings. The molecule has 0 spiro atoms. The standard InChI is InChI=1S/C15H29N3O2/c1-11(2)13-7-6-12(3)10-14(13)17-18-15(19)16-8-5-9-20-4/h11-13H,5-10H2,1-4H3,(H2,16,18,19)/t12-,13+/m0/s1. The summed E-state index contributed by atoms with van der Waals surface area (Å²) in [6, 6.07) is -0.227. The average molecular weight is 283 g/mol. The highest BCUT2D eigenvalue weighted by Gasteiger charge is 2.27. The minimum absolute atomic E-state index is 0.227. The van der Waals surface area contributed by atoms with Crippen LogP contribution in [0, 0.1) is 17.8 Å². The molecule has 2 N–H and O–H groups in total. The molecule has 1 fully saturated rings. The van der Waals surface area contributed by atoms with Gasteiger partial charge in [0.25, 0.3) is 0 Å². The lowest BCUT2D eigenvalue weighted by Crippen LogP contribution is -2.36. The number of carbonyl (C=O) groups is 1. The summed E-state index contributed by atoms with van der Waals surface area (Å²) in [5, 5.41) is 7.13. The van der Waals surface area contributed by atoms with E-state index in [1.807, 2.05) is 0 Å². The first-order valence-electron chi connectivity index (χ1n) is 7.63. The molecule has 0 unspecified atom stereocenters. The second kappa shape index (κ2) is 8.95. The van der Waals surface area contributed by atoms with Crippen molar-refractivity contribution in [3.63, 3.8) is 0 Å². The molecule has 2 atom stereocenters. The highest BCUT2D eigenvalue weighted by Crippen LogP contribution is 2.31. The zero-order chi connectivity index (χ0) is 15.0. The summed E-state index contributed by atoms with van der Waals surface area (Å²) in [6.07, 6.45) is 4.23. The van der Waals surface area contributed by atoms with E-state index in [4.69, 9.17) is 4.74 Å². The van der Waals surface area contributed by atoms with Gasteiger partial charge < -0.3 is 10.1 Å². The Labute approximate surface area is 122 Å². The third-order valence-corrected chi connectivity index (χ3v) is 3.87. The summed E-state index contributed by atoms with van der Waals surface area (Å²) in [4.78, 5) is 11.6. The molecule has 1 saturated carbocycles. The van der Waals surface area contributed by atoms with E-state index in [1.54, 1.807) is 7.11 Å². The van der Waals surface area contributed by atoms with Gasteiger partial charge in [-0.1, -0.05) is 20.8 Å². The fourth-order valence-corrected chi connectivity index (χ4v) is 2.67. The Morgan fingerprint density at radius 3 is 2.85 bits per heavy atom. The number of methoxy groups -OCH3 is 1. The molecule has 0 bridgehead atoms. The maximum absolute atomic E-state index is 11.6. The number of hydrogen-bond donors (Lipinski definition) is 2. The fourth-order valence-electron chi connectivity index (χ4n) is 2.67. The molecule has 0 aromatic rings. The maximum atomic E-state index is 11.6. The number of amides is 2. The van der Waals surface area contributed by atoms with Crippen LogP contribution in [0.25, 0.3) is 0 Å². The van der Waals surface area contributed by atoms with Crippen molar-refractivity contribution in [3.05, 3.63) is 0 Å². The lowest BCUT2D eigenvalue weighted by molar-refractivity contribution is 0.193. The minimum Gasteiger partial charge on any atom is -0.385 e.